The first-order chi connectivity index (χ1) is 18.7. The quantitative estimate of drug-likeness (QED) is 0.150. The maximum absolute atomic E-state index is 14.7. The number of hydrogen-bond acceptors (Lipinski definition) is 9. The zero-order valence-corrected chi connectivity index (χ0v) is 24.6. The zero-order valence-electron chi connectivity index (χ0n) is 23.0. The smallest absolute Gasteiger partial charge is 0.306 e. The van der Waals surface area contributed by atoms with E-state index in [-0.39, 0.29) is 11.5 Å². The molecule has 9 nitrogen and oxygen atoms in total. The Hall–Kier alpha value is -3.77. The van der Waals surface area contributed by atoms with Gasteiger partial charge in [-0.25, -0.2) is 4.39 Å². The van der Waals surface area contributed by atoms with Crippen LogP contribution in [0.4, 0.5) is 4.39 Å². The molecule has 0 aliphatic carbocycles. The molecular weight excluding hydrogens is 563 g/mol. The third-order valence-electron chi connectivity index (χ3n) is 5.43. The summed E-state index contributed by atoms with van der Waals surface area (Å²) in [4.78, 5) is 0. The minimum absolute atomic E-state index is 0.00540. The Bertz CT molecular complexity index is 1630. The molecule has 0 heterocycles. The van der Waals surface area contributed by atoms with Gasteiger partial charge >= 0.3 is 20.2 Å². The van der Waals surface area contributed by atoms with Crippen molar-refractivity contribution in [1.82, 2.24) is 0 Å². The molecule has 0 aromatic heterocycles. The molecule has 0 saturated carbocycles. The molecule has 0 amide bonds. The highest BCUT2D eigenvalue weighted by Crippen LogP contribution is 2.43. The third-order valence-corrected chi connectivity index (χ3v) is 6.39. The van der Waals surface area contributed by atoms with Crippen LogP contribution < -0.4 is 22.6 Å². The molecule has 0 saturated heterocycles. The van der Waals surface area contributed by atoms with Gasteiger partial charge in [0.1, 0.15) is 11.5 Å². The number of rotatable bonds is 12. The molecule has 12 heteroatoms. The van der Waals surface area contributed by atoms with E-state index in [1.54, 1.807) is 24.3 Å². The number of allylic oxidation sites excluding steroid dienone is 1. The Morgan fingerprint density at radius 2 is 1.23 bits per heavy atom. The summed E-state index contributed by atoms with van der Waals surface area (Å²) in [5.41, 5.74) is 3.05. The van der Waals surface area contributed by atoms with Crippen molar-refractivity contribution in [2.75, 3.05) is 33.3 Å². The van der Waals surface area contributed by atoms with Crippen LogP contribution in [0.2, 0.25) is 0 Å². The summed E-state index contributed by atoms with van der Waals surface area (Å²) in [5, 5.41) is 0. The van der Waals surface area contributed by atoms with Crippen molar-refractivity contribution in [1.29, 1.82) is 0 Å². The molecule has 0 atom stereocenters. The Balaban J connectivity index is 2.07. The van der Waals surface area contributed by atoms with E-state index in [1.807, 2.05) is 19.9 Å². The summed E-state index contributed by atoms with van der Waals surface area (Å²) in [5.74, 6) is -0.336. The van der Waals surface area contributed by atoms with Crippen LogP contribution in [0.25, 0.3) is 22.3 Å². The molecule has 216 valence electrons. The van der Waals surface area contributed by atoms with Crippen molar-refractivity contribution in [2.24, 2.45) is 0 Å². The largest absolute Gasteiger partial charge is 0.496 e. The fourth-order valence-electron chi connectivity index (χ4n) is 3.79. The van der Waals surface area contributed by atoms with Crippen LogP contribution in [0.15, 0.2) is 60.2 Å². The number of ether oxygens (including phenoxy) is 3. The molecule has 0 fully saturated rings. The number of halogens is 1. The van der Waals surface area contributed by atoms with Crippen LogP contribution >= 0.6 is 0 Å². The summed E-state index contributed by atoms with van der Waals surface area (Å²) >= 11 is 0. The minimum atomic E-state index is -3.91. The van der Waals surface area contributed by atoms with Gasteiger partial charge in [0.05, 0.1) is 33.3 Å². The normalized spacial score (nSPS) is 11.5. The Kier molecular flexibility index (Phi) is 9.69. The van der Waals surface area contributed by atoms with E-state index in [4.69, 9.17) is 18.4 Å². The molecule has 3 rings (SSSR count). The first-order valence-corrected chi connectivity index (χ1v) is 15.6. The van der Waals surface area contributed by atoms with Gasteiger partial charge in [-0.15, -0.1) is 0 Å². The predicted octanol–water partition coefficient (Wildman–Crippen LogP) is 5.59. The monoisotopic (exact) mass is 594 g/mol. The van der Waals surface area contributed by atoms with Gasteiger partial charge in [0, 0.05) is 11.1 Å². The highest BCUT2D eigenvalue weighted by Gasteiger charge is 2.19. The van der Waals surface area contributed by atoms with E-state index in [0.29, 0.717) is 46.8 Å². The summed E-state index contributed by atoms with van der Waals surface area (Å²) in [6.07, 6.45) is 4.40. The van der Waals surface area contributed by atoms with Gasteiger partial charge in [-0.2, -0.15) is 16.8 Å². The molecule has 0 aliphatic heterocycles. The minimum Gasteiger partial charge on any atom is -0.496 e. The van der Waals surface area contributed by atoms with Gasteiger partial charge < -0.3 is 22.6 Å². The standard InChI is InChI=1S/C28H31FO9S2/c1-18(2)8-7-13-36-25-12-10-20(15-28(25)38-40(6,32)33)22-17-26(34-3)21(16-27(22)35-4)19-9-11-24(23(29)14-19)37-39(5,30)31/h8-12,14-17H,7,13H2,1-6H3. The van der Waals surface area contributed by atoms with Crippen molar-refractivity contribution < 1.29 is 43.8 Å². The molecule has 3 aromatic carbocycles. The van der Waals surface area contributed by atoms with Gasteiger partial charge in [0.2, 0.25) is 0 Å². The third kappa shape index (κ3) is 8.36. The fourth-order valence-corrected chi connectivity index (χ4v) is 4.71. The average Bonchev–Trinajstić information content (AvgIpc) is 2.86. The van der Waals surface area contributed by atoms with Crippen molar-refractivity contribution in [3.8, 4) is 51.0 Å². The predicted molar refractivity (Wildman–Crippen MR) is 151 cm³/mol. The van der Waals surface area contributed by atoms with Crippen LogP contribution in [-0.2, 0) is 20.2 Å². The molecule has 0 spiro atoms. The summed E-state index contributed by atoms with van der Waals surface area (Å²) in [7, 11) is -4.88. The number of benzene rings is 3. The lowest BCUT2D eigenvalue weighted by Gasteiger charge is -2.17. The summed E-state index contributed by atoms with van der Waals surface area (Å²) in [6, 6.07) is 11.9. The van der Waals surface area contributed by atoms with Gasteiger partial charge in [-0.05, 0) is 67.8 Å². The van der Waals surface area contributed by atoms with Crippen molar-refractivity contribution >= 4 is 20.2 Å². The van der Waals surface area contributed by atoms with Gasteiger partial charge in [0.25, 0.3) is 0 Å². The molecule has 0 radical (unpaired) electrons. The molecule has 0 aliphatic rings. The highest BCUT2D eigenvalue weighted by atomic mass is 32.2. The Labute approximate surface area is 234 Å². The van der Waals surface area contributed by atoms with Crippen LogP contribution in [0.5, 0.6) is 28.7 Å². The molecule has 3 aromatic rings. The zero-order chi connectivity index (χ0) is 29.7. The maximum Gasteiger partial charge on any atom is 0.306 e. The van der Waals surface area contributed by atoms with E-state index in [9.17, 15) is 21.2 Å². The lowest BCUT2D eigenvalue weighted by Crippen LogP contribution is -2.08. The second-order valence-corrected chi connectivity index (χ2v) is 12.2. The second kappa shape index (κ2) is 12.6. The van der Waals surface area contributed by atoms with Crippen molar-refractivity contribution in [3.05, 3.63) is 66.0 Å². The molecule has 0 bridgehead atoms. The fraction of sp³-hybridized carbons (Fsp3) is 0.286. The summed E-state index contributed by atoms with van der Waals surface area (Å²) in [6.45, 7) is 4.26. The SMILES string of the molecule is COc1cc(-c2ccc(OCCC=C(C)C)c(OS(C)(=O)=O)c2)c(OC)cc1-c1ccc(OS(C)(=O)=O)c(F)c1. The highest BCUT2D eigenvalue weighted by molar-refractivity contribution is 7.86. The van der Waals surface area contributed by atoms with E-state index in [1.165, 1.54) is 32.4 Å². The van der Waals surface area contributed by atoms with E-state index < -0.39 is 31.8 Å². The van der Waals surface area contributed by atoms with Crippen LogP contribution in [0.3, 0.4) is 0 Å². The van der Waals surface area contributed by atoms with Crippen molar-refractivity contribution in [2.45, 2.75) is 20.3 Å². The summed E-state index contributed by atoms with van der Waals surface area (Å²) < 4.78 is 88.2. The van der Waals surface area contributed by atoms with Gasteiger partial charge in [-0.1, -0.05) is 23.8 Å². The topological polar surface area (TPSA) is 114 Å². The molecule has 40 heavy (non-hydrogen) atoms. The lowest BCUT2D eigenvalue weighted by atomic mass is 9.97. The number of methoxy groups -OCH3 is 2. The first kappa shape index (κ1) is 30.8. The average molecular weight is 595 g/mol. The van der Waals surface area contributed by atoms with Crippen molar-refractivity contribution in [3.63, 3.8) is 0 Å². The van der Waals surface area contributed by atoms with E-state index in [0.717, 1.165) is 24.2 Å². The lowest BCUT2D eigenvalue weighted by molar-refractivity contribution is 0.314. The van der Waals surface area contributed by atoms with E-state index >= 15 is 0 Å². The van der Waals surface area contributed by atoms with Gasteiger partial charge in [0.15, 0.2) is 23.1 Å². The molecule has 0 N–H and O–H groups in total. The first-order valence-electron chi connectivity index (χ1n) is 12.0. The second-order valence-electron chi connectivity index (χ2n) is 9.05. The Morgan fingerprint density at radius 3 is 1.70 bits per heavy atom. The number of hydrogen-bond donors (Lipinski definition) is 0. The Morgan fingerprint density at radius 1 is 0.725 bits per heavy atom. The molecule has 0 unspecified atom stereocenters. The van der Waals surface area contributed by atoms with Crippen LogP contribution in [-0.4, -0.2) is 50.2 Å². The van der Waals surface area contributed by atoms with E-state index in [2.05, 4.69) is 4.18 Å². The maximum atomic E-state index is 14.7. The molecular formula is C28H31FO9S2. The van der Waals surface area contributed by atoms with Crippen LogP contribution in [0.1, 0.15) is 20.3 Å². The van der Waals surface area contributed by atoms with Crippen LogP contribution in [0, 0.1) is 5.82 Å². The van der Waals surface area contributed by atoms with Gasteiger partial charge in [-0.3, -0.25) is 0 Å².